The molecule has 176 valence electrons. The molecule has 0 aliphatic carbocycles. The van der Waals surface area contributed by atoms with Crippen molar-refractivity contribution in [1.29, 1.82) is 0 Å². The van der Waals surface area contributed by atoms with Crippen molar-refractivity contribution < 1.29 is 22.7 Å². The molecular formula is C26H21N3O5S. The lowest BCUT2D eigenvalue weighted by Crippen LogP contribution is -2.35. The van der Waals surface area contributed by atoms with Crippen LogP contribution >= 0.6 is 0 Å². The Bertz CT molecular complexity index is 1560. The highest BCUT2D eigenvalue weighted by molar-refractivity contribution is 7.93. The van der Waals surface area contributed by atoms with E-state index in [1.54, 1.807) is 72.8 Å². The van der Waals surface area contributed by atoms with Crippen molar-refractivity contribution in [1.82, 2.24) is 0 Å². The second-order valence-corrected chi connectivity index (χ2v) is 9.75. The molecule has 0 aromatic heterocycles. The number of methoxy groups -OCH3 is 1. The lowest BCUT2D eigenvalue weighted by molar-refractivity contribution is -0.114. The monoisotopic (exact) mass is 487 g/mol. The maximum atomic E-state index is 13.1. The van der Waals surface area contributed by atoms with Crippen molar-refractivity contribution in [2.45, 2.75) is 4.90 Å². The predicted molar refractivity (Wildman–Crippen MR) is 134 cm³/mol. The van der Waals surface area contributed by atoms with Gasteiger partial charge in [0, 0.05) is 16.6 Å². The summed E-state index contributed by atoms with van der Waals surface area (Å²) < 4.78 is 32.5. The Labute approximate surface area is 202 Å². The molecular weight excluding hydrogens is 466 g/mol. The Morgan fingerprint density at radius 2 is 1.57 bits per heavy atom. The van der Waals surface area contributed by atoms with Gasteiger partial charge in [-0.25, -0.2) is 8.42 Å². The van der Waals surface area contributed by atoms with Crippen molar-refractivity contribution in [3.05, 3.63) is 90.5 Å². The molecule has 5 rings (SSSR count). The van der Waals surface area contributed by atoms with Crippen LogP contribution in [0.1, 0.15) is 10.4 Å². The average Bonchev–Trinajstić information content (AvgIpc) is 3.08. The Kier molecular flexibility index (Phi) is 5.62. The number of hydrogen-bond acceptors (Lipinski definition) is 5. The average molecular weight is 488 g/mol. The Morgan fingerprint density at radius 3 is 2.31 bits per heavy atom. The highest BCUT2D eigenvalue weighted by Gasteiger charge is 2.36. The minimum Gasteiger partial charge on any atom is -0.495 e. The molecule has 0 saturated carbocycles. The standard InChI is InChI=1S/C26H21N3O5S/c1-34-22-10-3-2-8-20(22)28-26(31)18-12-14-19(15-13-18)27-24(30)16-29-21-9-4-6-17-7-5-11-23(25(17)21)35(29,32)33/h2-15H,16H2,1H3,(H,27,30)(H,28,31). The van der Waals surface area contributed by atoms with E-state index in [4.69, 9.17) is 4.74 Å². The number of carbonyl (C=O) groups excluding carboxylic acids is 2. The third kappa shape index (κ3) is 4.06. The molecule has 0 atom stereocenters. The van der Waals surface area contributed by atoms with Crippen LogP contribution < -0.4 is 19.7 Å². The fraction of sp³-hybridized carbons (Fsp3) is 0.0769. The van der Waals surface area contributed by atoms with E-state index in [0.29, 0.717) is 33.8 Å². The normalized spacial score (nSPS) is 13.5. The van der Waals surface area contributed by atoms with Crippen molar-refractivity contribution in [2.75, 3.05) is 28.6 Å². The number of para-hydroxylation sites is 2. The Balaban J connectivity index is 1.28. The zero-order chi connectivity index (χ0) is 24.6. The molecule has 9 heteroatoms. The maximum Gasteiger partial charge on any atom is 0.265 e. The van der Waals surface area contributed by atoms with Crippen LogP contribution in [0.25, 0.3) is 10.8 Å². The minimum atomic E-state index is -3.83. The van der Waals surface area contributed by atoms with E-state index in [1.165, 1.54) is 7.11 Å². The van der Waals surface area contributed by atoms with E-state index < -0.39 is 15.9 Å². The van der Waals surface area contributed by atoms with Crippen molar-refractivity contribution in [3.63, 3.8) is 0 Å². The van der Waals surface area contributed by atoms with Crippen LogP contribution in [-0.2, 0) is 14.8 Å². The largest absolute Gasteiger partial charge is 0.495 e. The number of carbonyl (C=O) groups is 2. The van der Waals surface area contributed by atoms with Crippen LogP contribution in [-0.4, -0.2) is 33.9 Å². The molecule has 4 aromatic rings. The number of amides is 2. The summed E-state index contributed by atoms with van der Waals surface area (Å²) in [4.78, 5) is 25.5. The molecule has 2 N–H and O–H groups in total. The van der Waals surface area contributed by atoms with Gasteiger partial charge in [-0.15, -0.1) is 0 Å². The van der Waals surface area contributed by atoms with Crippen LogP contribution in [0.3, 0.4) is 0 Å². The van der Waals surface area contributed by atoms with Gasteiger partial charge in [0.1, 0.15) is 12.3 Å². The van der Waals surface area contributed by atoms with Crippen molar-refractivity contribution in [2.24, 2.45) is 0 Å². The van der Waals surface area contributed by atoms with E-state index in [9.17, 15) is 18.0 Å². The number of sulfonamides is 1. The van der Waals surface area contributed by atoms with Gasteiger partial charge in [-0.2, -0.15) is 0 Å². The zero-order valence-electron chi connectivity index (χ0n) is 18.7. The lowest BCUT2D eigenvalue weighted by Gasteiger charge is -2.18. The molecule has 4 aromatic carbocycles. The predicted octanol–water partition coefficient (Wildman–Crippen LogP) is 4.25. The van der Waals surface area contributed by atoms with E-state index >= 15 is 0 Å². The van der Waals surface area contributed by atoms with Gasteiger partial charge in [-0.3, -0.25) is 13.9 Å². The third-order valence-electron chi connectivity index (χ3n) is 5.75. The molecule has 1 heterocycles. The number of rotatable bonds is 6. The number of anilines is 3. The van der Waals surface area contributed by atoms with E-state index in [0.717, 1.165) is 9.69 Å². The maximum absolute atomic E-state index is 13.1. The first-order valence-electron chi connectivity index (χ1n) is 10.8. The topological polar surface area (TPSA) is 105 Å². The van der Waals surface area contributed by atoms with Gasteiger partial charge >= 0.3 is 0 Å². The van der Waals surface area contributed by atoms with Crippen LogP contribution in [0.4, 0.5) is 17.1 Å². The molecule has 0 radical (unpaired) electrons. The van der Waals surface area contributed by atoms with Crippen LogP contribution in [0, 0.1) is 0 Å². The molecule has 2 amide bonds. The van der Waals surface area contributed by atoms with E-state index in [1.807, 2.05) is 12.1 Å². The first-order chi connectivity index (χ1) is 16.9. The van der Waals surface area contributed by atoms with Gasteiger partial charge in [0.2, 0.25) is 5.91 Å². The number of hydrogen-bond donors (Lipinski definition) is 2. The van der Waals surface area contributed by atoms with Crippen LogP contribution in [0.15, 0.2) is 89.8 Å². The SMILES string of the molecule is COc1ccccc1NC(=O)c1ccc(NC(=O)CN2c3cccc4cccc(c34)S2(=O)=O)cc1. The third-order valence-corrected chi connectivity index (χ3v) is 7.56. The highest BCUT2D eigenvalue weighted by atomic mass is 32.2. The van der Waals surface area contributed by atoms with Gasteiger partial charge in [0.25, 0.3) is 15.9 Å². The fourth-order valence-corrected chi connectivity index (χ4v) is 5.77. The summed E-state index contributed by atoms with van der Waals surface area (Å²) in [5.74, 6) is -0.287. The van der Waals surface area contributed by atoms with E-state index in [-0.39, 0.29) is 17.3 Å². The molecule has 0 unspecified atom stereocenters. The molecule has 0 bridgehead atoms. The number of nitrogens with one attached hydrogen (secondary N) is 2. The summed E-state index contributed by atoms with van der Waals surface area (Å²) in [6.45, 7) is -0.369. The first-order valence-corrected chi connectivity index (χ1v) is 12.2. The number of benzene rings is 4. The van der Waals surface area contributed by atoms with E-state index in [2.05, 4.69) is 10.6 Å². The molecule has 1 aliphatic rings. The summed E-state index contributed by atoms with van der Waals surface area (Å²) >= 11 is 0. The first kappa shape index (κ1) is 22.4. The summed E-state index contributed by atoms with van der Waals surface area (Å²) in [5.41, 5.74) is 1.85. The molecule has 1 aliphatic heterocycles. The zero-order valence-corrected chi connectivity index (χ0v) is 19.5. The number of nitrogens with zero attached hydrogens (tertiary/aromatic N) is 1. The summed E-state index contributed by atoms with van der Waals surface area (Å²) in [6.07, 6.45) is 0. The Hall–Kier alpha value is -4.37. The molecule has 35 heavy (non-hydrogen) atoms. The van der Waals surface area contributed by atoms with Gasteiger partial charge < -0.3 is 15.4 Å². The molecule has 0 spiro atoms. The van der Waals surface area contributed by atoms with Gasteiger partial charge in [-0.05, 0) is 53.9 Å². The summed E-state index contributed by atoms with van der Waals surface area (Å²) in [6, 6.07) is 23.8. The van der Waals surface area contributed by atoms with Gasteiger partial charge in [0.15, 0.2) is 0 Å². The molecule has 8 nitrogen and oxygen atoms in total. The van der Waals surface area contributed by atoms with Crippen molar-refractivity contribution in [3.8, 4) is 5.75 Å². The summed E-state index contributed by atoms with van der Waals surface area (Å²) in [5, 5.41) is 6.91. The second kappa shape index (κ2) is 8.77. The van der Waals surface area contributed by atoms with Gasteiger partial charge in [0.05, 0.1) is 23.4 Å². The van der Waals surface area contributed by atoms with Crippen LogP contribution in [0.2, 0.25) is 0 Å². The quantitative estimate of drug-likeness (QED) is 0.423. The lowest BCUT2D eigenvalue weighted by atomic mass is 10.1. The van der Waals surface area contributed by atoms with Crippen LogP contribution in [0.5, 0.6) is 5.75 Å². The number of ether oxygens (including phenoxy) is 1. The smallest absolute Gasteiger partial charge is 0.265 e. The van der Waals surface area contributed by atoms with Gasteiger partial charge in [-0.1, -0.05) is 36.4 Å². The minimum absolute atomic E-state index is 0.198. The van der Waals surface area contributed by atoms with Crippen molar-refractivity contribution >= 4 is 49.7 Å². The molecule has 0 fully saturated rings. The fourth-order valence-electron chi connectivity index (χ4n) is 4.11. The second-order valence-electron chi connectivity index (χ2n) is 7.92. The molecule has 0 saturated heterocycles. The highest BCUT2D eigenvalue weighted by Crippen LogP contribution is 2.41. The summed E-state index contributed by atoms with van der Waals surface area (Å²) in [7, 11) is -2.31. The Morgan fingerprint density at radius 1 is 0.857 bits per heavy atom.